The normalized spacial score (nSPS) is 28.2. The zero-order valence-electron chi connectivity index (χ0n) is 25.0. The number of carbonyl (C=O) groups is 4. The van der Waals surface area contributed by atoms with Gasteiger partial charge in [0, 0.05) is 31.8 Å². The van der Waals surface area contributed by atoms with Crippen LogP contribution in [0.4, 0.5) is 5.69 Å². The first-order chi connectivity index (χ1) is 22.0. The van der Waals surface area contributed by atoms with E-state index in [0.29, 0.717) is 17.9 Å². The van der Waals surface area contributed by atoms with Crippen molar-refractivity contribution in [2.45, 2.75) is 48.9 Å². The van der Waals surface area contributed by atoms with E-state index in [2.05, 4.69) is 26.2 Å². The minimum absolute atomic E-state index is 0.0149. The number of hydrogen-bond donors (Lipinski definition) is 3. The van der Waals surface area contributed by atoms with Crippen LogP contribution in [-0.4, -0.2) is 56.6 Å². The second kappa shape index (κ2) is 12.0. The molecule has 13 heteroatoms. The summed E-state index contributed by atoms with van der Waals surface area (Å²) >= 11 is 6.29. The summed E-state index contributed by atoms with van der Waals surface area (Å²) in [5, 5.41) is 13.5. The Morgan fingerprint density at radius 1 is 1.09 bits per heavy atom. The molecule has 3 heterocycles. The highest BCUT2D eigenvalue weighted by molar-refractivity contribution is 9.10. The fourth-order valence-electron chi connectivity index (χ4n) is 8.21. The Kier molecular flexibility index (Phi) is 8.13. The van der Waals surface area contributed by atoms with Crippen LogP contribution in [0.3, 0.4) is 0 Å². The van der Waals surface area contributed by atoms with Gasteiger partial charge in [0.15, 0.2) is 6.61 Å². The van der Waals surface area contributed by atoms with Gasteiger partial charge >= 0.3 is 10.8 Å². The lowest BCUT2D eigenvalue weighted by atomic mass is 9.68. The zero-order chi connectivity index (χ0) is 32.4. The summed E-state index contributed by atoms with van der Waals surface area (Å²) in [6.45, 7) is 3.52. The van der Waals surface area contributed by atoms with Crippen molar-refractivity contribution in [1.29, 1.82) is 0 Å². The number of imide groups is 1. The van der Waals surface area contributed by atoms with Crippen molar-refractivity contribution in [3.8, 4) is 5.75 Å². The van der Waals surface area contributed by atoms with Gasteiger partial charge in [0.1, 0.15) is 11.8 Å². The quantitative estimate of drug-likeness (QED) is 0.256. The summed E-state index contributed by atoms with van der Waals surface area (Å²) in [6, 6.07) is 13.5. The number of para-hydroxylation sites is 1. The highest BCUT2D eigenvalue weighted by Crippen LogP contribution is 2.69. The molecule has 3 amide bonds. The maximum Gasteiger partial charge on any atom is 0.326 e. The summed E-state index contributed by atoms with van der Waals surface area (Å²) in [6.07, 6.45) is 0.866. The SMILES string of the molecule is CC(C)CC(C(=O)O)N1C(=O)C2C3CC(C2C1=O)C1C3Sc2[nH]c(=O)sc2[C@@H]1c1cc(Br)ccc1OCC(=O)Nc1ccccc1. The van der Waals surface area contributed by atoms with Gasteiger partial charge in [0.05, 0.1) is 16.9 Å². The van der Waals surface area contributed by atoms with Crippen molar-refractivity contribution >= 4 is 68.4 Å². The first-order valence-electron chi connectivity index (χ1n) is 15.3. The second-order valence-electron chi connectivity index (χ2n) is 12.9. The van der Waals surface area contributed by atoms with Crippen LogP contribution in [0.5, 0.6) is 5.75 Å². The lowest BCUT2D eigenvalue weighted by Gasteiger charge is -2.43. The number of likely N-dealkylation sites (tertiary alicyclic amines) is 1. The molecule has 7 rings (SSSR count). The maximum atomic E-state index is 14.0. The van der Waals surface area contributed by atoms with Crippen LogP contribution in [0, 0.1) is 35.5 Å². The molecule has 46 heavy (non-hydrogen) atoms. The van der Waals surface area contributed by atoms with Gasteiger partial charge in [-0.05, 0) is 66.8 Å². The molecule has 2 aliphatic carbocycles. The lowest BCUT2D eigenvalue weighted by molar-refractivity contribution is -0.156. The molecule has 1 aromatic heterocycles. The van der Waals surface area contributed by atoms with Gasteiger partial charge in [-0.3, -0.25) is 24.1 Å². The van der Waals surface area contributed by atoms with E-state index in [1.54, 1.807) is 30.0 Å². The van der Waals surface area contributed by atoms with Gasteiger partial charge in [-0.1, -0.05) is 59.3 Å². The van der Waals surface area contributed by atoms with Gasteiger partial charge in [-0.2, -0.15) is 0 Å². The first kappa shape index (κ1) is 31.2. The van der Waals surface area contributed by atoms with Gasteiger partial charge < -0.3 is 20.1 Å². The second-order valence-corrected chi connectivity index (χ2v) is 16.0. The fourth-order valence-corrected chi connectivity index (χ4v) is 11.5. The molecule has 240 valence electrons. The Morgan fingerprint density at radius 3 is 2.50 bits per heavy atom. The summed E-state index contributed by atoms with van der Waals surface area (Å²) in [5.74, 6) is -3.77. The Bertz CT molecular complexity index is 1790. The lowest BCUT2D eigenvalue weighted by Crippen LogP contribution is -2.47. The number of anilines is 1. The average Bonchev–Trinajstić information content (AvgIpc) is 3.74. The monoisotopic (exact) mass is 725 g/mol. The third-order valence-corrected chi connectivity index (χ3v) is 12.9. The highest BCUT2D eigenvalue weighted by atomic mass is 79.9. The van der Waals surface area contributed by atoms with Crippen molar-refractivity contribution in [3.05, 3.63) is 73.1 Å². The molecule has 2 saturated carbocycles. The molecule has 1 saturated heterocycles. The molecule has 3 fully saturated rings. The molecule has 3 N–H and O–H groups in total. The Labute approximate surface area is 281 Å². The number of aliphatic carboxylic acids is 1. The number of rotatable bonds is 9. The molecular weight excluding hydrogens is 694 g/mol. The molecular formula is C33H32BrN3O7S2. The van der Waals surface area contributed by atoms with E-state index < -0.39 is 29.8 Å². The van der Waals surface area contributed by atoms with Gasteiger partial charge in [0.25, 0.3) is 5.91 Å². The van der Waals surface area contributed by atoms with Crippen LogP contribution in [-0.2, 0) is 19.2 Å². The molecule has 2 aromatic carbocycles. The van der Waals surface area contributed by atoms with E-state index in [1.165, 1.54) is 0 Å². The standard InChI is InChI=1S/C33H32BrN3O7S2/c1-14(2)10-20(32(41)42)37-30(39)25-18-12-19(26(25)31(37)40)27-24(18)23(28-29(45-27)36-33(43)46-28)17-11-15(34)8-9-21(17)44-13-22(38)35-16-6-4-3-5-7-16/h3-9,11,14,18-20,23-27H,10,12-13H2,1-2H3,(H,35,38)(H,36,43)(H,41,42)/t18?,19?,20?,23-,24?,25?,26?,27?/m1/s1. The van der Waals surface area contributed by atoms with Crippen LogP contribution in [0.25, 0.3) is 0 Å². The zero-order valence-corrected chi connectivity index (χ0v) is 28.2. The third kappa shape index (κ3) is 5.20. The van der Waals surface area contributed by atoms with Crippen LogP contribution in [0.1, 0.15) is 43.0 Å². The average molecular weight is 727 g/mol. The van der Waals surface area contributed by atoms with Crippen molar-refractivity contribution in [3.63, 3.8) is 0 Å². The number of carbonyl (C=O) groups excluding carboxylic acids is 3. The number of thioether (sulfide) groups is 1. The number of H-pyrrole nitrogens is 1. The number of amides is 3. The van der Waals surface area contributed by atoms with Crippen LogP contribution < -0.4 is 14.9 Å². The van der Waals surface area contributed by atoms with Crippen LogP contribution in [0.15, 0.2) is 62.8 Å². The van der Waals surface area contributed by atoms with Crippen LogP contribution in [0.2, 0.25) is 0 Å². The van der Waals surface area contributed by atoms with Crippen molar-refractivity contribution in [1.82, 2.24) is 9.88 Å². The fraction of sp³-hybridized carbons (Fsp3) is 0.424. The summed E-state index contributed by atoms with van der Waals surface area (Å²) in [5.41, 5.74) is 1.44. The smallest absolute Gasteiger partial charge is 0.326 e. The number of nitrogens with zero attached hydrogens (tertiary/aromatic N) is 1. The molecule has 8 atom stereocenters. The Balaban J connectivity index is 1.24. The van der Waals surface area contributed by atoms with Crippen molar-refractivity contribution in [2.75, 3.05) is 11.9 Å². The predicted molar refractivity (Wildman–Crippen MR) is 176 cm³/mol. The number of thiazole rings is 1. The number of nitrogens with one attached hydrogen (secondary N) is 2. The van der Waals surface area contributed by atoms with Crippen LogP contribution >= 0.6 is 39.0 Å². The number of carboxylic acids is 1. The molecule has 0 radical (unpaired) electrons. The molecule has 2 bridgehead atoms. The molecule has 2 aliphatic heterocycles. The minimum Gasteiger partial charge on any atom is -0.483 e. The highest BCUT2D eigenvalue weighted by Gasteiger charge is 2.70. The number of benzene rings is 2. The summed E-state index contributed by atoms with van der Waals surface area (Å²) in [4.78, 5) is 70.4. The van der Waals surface area contributed by atoms with E-state index in [1.807, 2.05) is 44.2 Å². The van der Waals surface area contributed by atoms with Crippen molar-refractivity contribution in [2.24, 2.45) is 35.5 Å². The third-order valence-electron chi connectivity index (χ3n) is 9.77. The molecule has 10 nitrogen and oxygen atoms in total. The van der Waals surface area contributed by atoms with E-state index in [4.69, 9.17) is 4.74 Å². The number of halogens is 1. The van der Waals surface area contributed by atoms with E-state index in [-0.39, 0.29) is 64.6 Å². The maximum absolute atomic E-state index is 14.0. The molecule has 3 aromatic rings. The molecule has 4 aliphatic rings. The summed E-state index contributed by atoms with van der Waals surface area (Å²) in [7, 11) is 0. The van der Waals surface area contributed by atoms with Crippen molar-refractivity contribution < 1.29 is 29.0 Å². The van der Waals surface area contributed by atoms with Gasteiger partial charge in [-0.25, -0.2) is 4.79 Å². The van der Waals surface area contributed by atoms with E-state index in [0.717, 1.165) is 36.2 Å². The number of ether oxygens (including phenoxy) is 1. The minimum atomic E-state index is -1.19. The molecule has 0 spiro atoms. The number of aromatic amines is 1. The van der Waals surface area contributed by atoms with Gasteiger partial charge in [0.2, 0.25) is 11.8 Å². The first-order valence-corrected chi connectivity index (χ1v) is 17.8. The summed E-state index contributed by atoms with van der Waals surface area (Å²) < 4.78 is 6.94. The molecule has 7 unspecified atom stereocenters. The number of carboxylic acid groups (broad SMARTS) is 1. The number of fused-ring (bicyclic) bond motifs is 9. The number of hydrogen-bond acceptors (Lipinski definition) is 8. The Hall–Kier alpha value is -3.42. The van der Waals surface area contributed by atoms with E-state index >= 15 is 0 Å². The Morgan fingerprint density at radius 2 is 1.80 bits per heavy atom. The largest absolute Gasteiger partial charge is 0.483 e. The van der Waals surface area contributed by atoms with E-state index in [9.17, 15) is 29.1 Å². The van der Waals surface area contributed by atoms with Gasteiger partial charge in [-0.15, -0.1) is 11.8 Å². The topological polar surface area (TPSA) is 146 Å². The number of aromatic nitrogens is 1. The predicted octanol–water partition coefficient (Wildman–Crippen LogP) is 5.19.